The molecule has 0 radical (unpaired) electrons. The first-order valence-electron chi connectivity index (χ1n) is 6.79. The van der Waals surface area contributed by atoms with Crippen molar-refractivity contribution in [2.75, 3.05) is 5.75 Å². The smallest absolute Gasteiger partial charge is 0.325 e. The number of nitrogens with zero attached hydrogens (tertiary/aromatic N) is 3. The van der Waals surface area contributed by atoms with Crippen LogP contribution in [0.2, 0.25) is 0 Å². The van der Waals surface area contributed by atoms with Crippen LogP contribution in [0.5, 0.6) is 0 Å². The molecule has 2 aromatic rings. The molecule has 2 N–H and O–H groups in total. The molecule has 2 rings (SSSR count). The van der Waals surface area contributed by atoms with Gasteiger partial charge in [0, 0.05) is 21.5 Å². The van der Waals surface area contributed by atoms with E-state index >= 15 is 0 Å². The second kappa shape index (κ2) is 8.68. The SMILES string of the molecule is O=C(O)Cn1cc(CNC(=O)CCSc2ccccc2Br)nn1. The summed E-state index contributed by atoms with van der Waals surface area (Å²) in [5.74, 6) is -0.410. The van der Waals surface area contributed by atoms with E-state index in [2.05, 4.69) is 31.6 Å². The molecule has 122 valence electrons. The lowest BCUT2D eigenvalue weighted by molar-refractivity contribution is -0.138. The minimum absolute atomic E-state index is 0.0858. The maximum Gasteiger partial charge on any atom is 0.325 e. The van der Waals surface area contributed by atoms with Gasteiger partial charge in [-0.25, -0.2) is 4.68 Å². The van der Waals surface area contributed by atoms with Crippen molar-refractivity contribution in [2.24, 2.45) is 0 Å². The maximum absolute atomic E-state index is 11.8. The Kier molecular flexibility index (Phi) is 6.60. The van der Waals surface area contributed by atoms with Gasteiger partial charge in [0.15, 0.2) is 0 Å². The molecule has 1 amide bonds. The summed E-state index contributed by atoms with van der Waals surface area (Å²) in [6.45, 7) is -0.0122. The zero-order valence-electron chi connectivity index (χ0n) is 12.1. The topological polar surface area (TPSA) is 97.1 Å². The molecule has 7 nitrogen and oxygen atoms in total. The maximum atomic E-state index is 11.8. The van der Waals surface area contributed by atoms with Gasteiger partial charge in [0.2, 0.25) is 5.91 Å². The van der Waals surface area contributed by atoms with E-state index in [1.807, 2.05) is 24.3 Å². The quantitative estimate of drug-likeness (QED) is 0.659. The van der Waals surface area contributed by atoms with E-state index in [-0.39, 0.29) is 19.0 Å². The first-order chi connectivity index (χ1) is 11.0. The van der Waals surface area contributed by atoms with Gasteiger partial charge in [-0.2, -0.15) is 0 Å². The molecule has 0 saturated heterocycles. The van der Waals surface area contributed by atoms with Crippen molar-refractivity contribution < 1.29 is 14.7 Å². The highest BCUT2D eigenvalue weighted by Crippen LogP contribution is 2.27. The van der Waals surface area contributed by atoms with Gasteiger partial charge in [-0.05, 0) is 28.1 Å². The van der Waals surface area contributed by atoms with Gasteiger partial charge in [-0.15, -0.1) is 16.9 Å². The van der Waals surface area contributed by atoms with Gasteiger partial charge in [-0.1, -0.05) is 17.3 Å². The number of thioether (sulfide) groups is 1. The van der Waals surface area contributed by atoms with Crippen LogP contribution in [-0.4, -0.2) is 37.7 Å². The lowest BCUT2D eigenvalue weighted by Crippen LogP contribution is -2.23. The van der Waals surface area contributed by atoms with E-state index < -0.39 is 5.97 Å². The molecule has 0 aliphatic heterocycles. The second-order valence-corrected chi connectivity index (χ2v) is 6.60. The number of amides is 1. The van der Waals surface area contributed by atoms with E-state index in [1.54, 1.807) is 11.8 Å². The zero-order chi connectivity index (χ0) is 16.7. The van der Waals surface area contributed by atoms with Crippen LogP contribution in [0.4, 0.5) is 0 Å². The molecule has 0 fully saturated rings. The van der Waals surface area contributed by atoms with Gasteiger partial charge in [-0.3, -0.25) is 9.59 Å². The van der Waals surface area contributed by atoms with E-state index in [0.717, 1.165) is 9.37 Å². The highest BCUT2D eigenvalue weighted by atomic mass is 79.9. The van der Waals surface area contributed by atoms with Crippen LogP contribution < -0.4 is 5.32 Å². The average Bonchev–Trinajstić information content (AvgIpc) is 2.94. The standard InChI is InChI=1S/C14H15BrN4O3S/c15-11-3-1-2-4-12(11)23-6-5-13(20)16-7-10-8-19(18-17-10)9-14(21)22/h1-4,8H,5-7,9H2,(H,16,20)(H,21,22). The van der Waals surface area contributed by atoms with Crippen molar-refractivity contribution in [1.82, 2.24) is 20.3 Å². The number of hydrogen-bond acceptors (Lipinski definition) is 5. The monoisotopic (exact) mass is 398 g/mol. The summed E-state index contributed by atoms with van der Waals surface area (Å²) >= 11 is 5.07. The van der Waals surface area contributed by atoms with Crippen molar-refractivity contribution in [3.05, 3.63) is 40.6 Å². The molecule has 0 aliphatic carbocycles. The van der Waals surface area contributed by atoms with Gasteiger partial charge >= 0.3 is 5.97 Å². The predicted octanol–water partition coefficient (Wildman–Crippen LogP) is 1.92. The molecule has 0 unspecified atom stereocenters. The van der Waals surface area contributed by atoms with Gasteiger partial charge in [0.05, 0.1) is 12.7 Å². The van der Waals surface area contributed by atoms with Gasteiger partial charge in [0.1, 0.15) is 12.2 Å². The Morgan fingerprint density at radius 2 is 2.13 bits per heavy atom. The zero-order valence-corrected chi connectivity index (χ0v) is 14.5. The highest BCUT2D eigenvalue weighted by Gasteiger charge is 2.07. The Labute approximate surface area is 145 Å². The number of rotatable bonds is 8. The fraction of sp³-hybridized carbons (Fsp3) is 0.286. The van der Waals surface area contributed by atoms with E-state index in [4.69, 9.17) is 5.11 Å². The molecular formula is C14H15BrN4O3S. The number of hydrogen-bond donors (Lipinski definition) is 2. The molecular weight excluding hydrogens is 384 g/mol. The van der Waals surface area contributed by atoms with Crippen LogP contribution in [0, 0.1) is 0 Å². The number of carboxylic acid groups (broad SMARTS) is 1. The number of benzene rings is 1. The van der Waals surface area contributed by atoms with Crippen LogP contribution in [0.25, 0.3) is 0 Å². The average molecular weight is 399 g/mol. The van der Waals surface area contributed by atoms with Crippen molar-refractivity contribution in [3.63, 3.8) is 0 Å². The summed E-state index contributed by atoms with van der Waals surface area (Å²) in [6.07, 6.45) is 1.89. The third-order valence-electron chi connectivity index (χ3n) is 2.77. The third kappa shape index (κ3) is 6.03. The summed E-state index contributed by atoms with van der Waals surface area (Å²) < 4.78 is 2.23. The Balaban J connectivity index is 1.70. The molecule has 0 saturated carbocycles. The molecule has 1 aromatic carbocycles. The Morgan fingerprint density at radius 1 is 1.35 bits per heavy atom. The minimum atomic E-state index is -0.991. The normalized spacial score (nSPS) is 10.5. The lowest BCUT2D eigenvalue weighted by Gasteiger charge is -2.04. The van der Waals surface area contributed by atoms with Crippen LogP contribution in [-0.2, 0) is 22.7 Å². The van der Waals surface area contributed by atoms with Gasteiger partial charge in [0.25, 0.3) is 0 Å². The second-order valence-electron chi connectivity index (χ2n) is 4.61. The number of carbonyl (C=O) groups excluding carboxylic acids is 1. The summed E-state index contributed by atoms with van der Waals surface area (Å²) in [5.41, 5.74) is 0.526. The molecule has 1 aromatic heterocycles. The van der Waals surface area contributed by atoms with Crippen molar-refractivity contribution >= 4 is 39.6 Å². The third-order valence-corrected chi connectivity index (χ3v) is 4.80. The Bertz CT molecular complexity index is 692. The first-order valence-corrected chi connectivity index (χ1v) is 8.57. The van der Waals surface area contributed by atoms with Crippen molar-refractivity contribution in [1.29, 1.82) is 0 Å². The van der Waals surface area contributed by atoms with Crippen molar-refractivity contribution in [3.8, 4) is 0 Å². The number of carboxylic acids is 1. The summed E-state index contributed by atoms with van der Waals surface area (Å²) in [4.78, 5) is 23.4. The lowest BCUT2D eigenvalue weighted by atomic mass is 10.4. The number of aliphatic carboxylic acids is 1. The first kappa shape index (κ1) is 17.5. The fourth-order valence-electron chi connectivity index (χ4n) is 1.73. The number of halogens is 1. The summed E-state index contributed by atoms with van der Waals surface area (Å²) in [6, 6.07) is 7.85. The summed E-state index contributed by atoms with van der Waals surface area (Å²) in [5, 5.41) is 18.9. The molecule has 23 heavy (non-hydrogen) atoms. The highest BCUT2D eigenvalue weighted by molar-refractivity contribution is 9.10. The molecule has 0 atom stereocenters. The van der Waals surface area contributed by atoms with Crippen LogP contribution >= 0.6 is 27.7 Å². The fourth-order valence-corrected chi connectivity index (χ4v) is 3.24. The largest absolute Gasteiger partial charge is 0.480 e. The van der Waals surface area contributed by atoms with E-state index in [1.165, 1.54) is 10.9 Å². The summed E-state index contributed by atoms with van der Waals surface area (Å²) in [7, 11) is 0. The van der Waals surface area contributed by atoms with Crippen molar-refractivity contribution in [2.45, 2.75) is 24.4 Å². The molecule has 1 heterocycles. The molecule has 9 heteroatoms. The Hall–Kier alpha value is -1.87. The number of carbonyl (C=O) groups is 2. The number of nitrogens with one attached hydrogen (secondary N) is 1. The number of aromatic nitrogens is 3. The van der Waals surface area contributed by atoms with Crippen LogP contribution in [0.1, 0.15) is 12.1 Å². The molecule has 0 aliphatic rings. The van der Waals surface area contributed by atoms with Crippen LogP contribution in [0.3, 0.4) is 0 Å². The van der Waals surface area contributed by atoms with E-state index in [0.29, 0.717) is 17.9 Å². The minimum Gasteiger partial charge on any atom is -0.480 e. The Morgan fingerprint density at radius 3 is 2.87 bits per heavy atom. The molecule has 0 spiro atoms. The van der Waals surface area contributed by atoms with E-state index in [9.17, 15) is 9.59 Å². The predicted molar refractivity (Wildman–Crippen MR) is 89.0 cm³/mol. The van der Waals surface area contributed by atoms with Crippen LogP contribution in [0.15, 0.2) is 39.8 Å². The van der Waals surface area contributed by atoms with Gasteiger partial charge < -0.3 is 10.4 Å². The molecule has 0 bridgehead atoms.